The van der Waals surface area contributed by atoms with Crippen LogP contribution < -0.4 is 10.6 Å². The van der Waals surface area contributed by atoms with Gasteiger partial charge in [0.1, 0.15) is 11.4 Å². The molecule has 0 aliphatic heterocycles. The second-order valence-electron chi connectivity index (χ2n) is 5.99. The SMILES string of the molecule is CN(C)C(C)(C)CNC(=O)NCC(C)(O)c1ccco1. The van der Waals surface area contributed by atoms with Gasteiger partial charge in [-0.15, -0.1) is 0 Å². The van der Waals surface area contributed by atoms with Crippen molar-refractivity contribution in [1.29, 1.82) is 0 Å². The molecule has 0 bridgehead atoms. The highest BCUT2D eigenvalue weighted by atomic mass is 16.4. The lowest BCUT2D eigenvalue weighted by molar-refractivity contribution is 0.0366. The van der Waals surface area contributed by atoms with E-state index < -0.39 is 5.60 Å². The summed E-state index contributed by atoms with van der Waals surface area (Å²) in [5, 5.41) is 15.6. The van der Waals surface area contributed by atoms with Crippen molar-refractivity contribution in [1.82, 2.24) is 15.5 Å². The predicted octanol–water partition coefficient (Wildman–Crippen LogP) is 1.13. The number of carbonyl (C=O) groups is 1. The average Bonchev–Trinajstić information content (AvgIpc) is 2.88. The van der Waals surface area contributed by atoms with Crippen molar-refractivity contribution in [2.24, 2.45) is 0 Å². The van der Waals surface area contributed by atoms with Crippen LogP contribution in [0.25, 0.3) is 0 Å². The van der Waals surface area contributed by atoms with Gasteiger partial charge in [0, 0.05) is 12.1 Å². The Morgan fingerprint density at radius 3 is 2.40 bits per heavy atom. The number of nitrogens with zero attached hydrogens (tertiary/aromatic N) is 1. The molecule has 6 heteroatoms. The first-order valence-electron chi connectivity index (χ1n) is 6.61. The van der Waals surface area contributed by atoms with Crippen LogP contribution in [0, 0.1) is 0 Å². The summed E-state index contributed by atoms with van der Waals surface area (Å²) in [5.74, 6) is 0.423. The highest BCUT2D eigenvalue weighted by molar-refractivity contribution is 5.74. The van der Waals surface area contributed by atoms with E-state index in [0.29, 0.717) is 12.3 Å². The number of hydrogen-bond donors (Lipinski definition) is 3. The first kappa shape index (κ1) is 16.5. The lowest BCUT2D eigenvalue weighted by Crippen LogP contribution is -2.51. The Kier molecular flexibility index (Phi) is 5.19. The minimum absolute atomic E-state index is 0.0781. The topological polar surface area (TPSA) is 77.7 Å². The van der Waals surface area contributed by atoms with Gasteiger partial charge in [-0.1, -0.05) is 0 Å². The number of urea groups is 1. The van der Waals surface area contributed by atoms with E-state index in [-0.39, 0.29) is 18.1 Å². The highest BCUT2D eigenvalue weighted by Crippen LogP contribution is 2.19. The smallest absolute Gasteiger partial charge is 0.314 e. The zero-order valence-corrected chi connectivity index (χ0v) is 12.9. The minimum Gasteiger partial charge on any atom is -0.466 e. The normalized spacial score (nSPS) is 14.9. The van der Waals surface area contributed by atoms with Crippen molar-refractivity contribution >= 4 is 6.03 Å². The van der Waals surface area contributed by atoms with Crippen LogP contribution in [0.3, 0.4) is 0 Å². The first-order valence-corrected chi connectivity index (χ1v) is 6.61. The summed E-state index contributed by atoms with van der Waals surface area (Å²) in [4.78, 5) is 13.8. The Labute approximate surface area is 120 Å². The standard InChI is InChI=1S/C14H25N3O3/c1-13(2,17(4)5)9-15-12(18)16-10-14(3,19)11-7-6-8-20-11/h6-8,19H,9-10H2,1-5H3,(H2,15,16,18). The van der Waals surface area contributed by atoms with Crippen LogP contribution in [-0.2, 0) is 5.60 Å². The van der Waals surface area contributed by atoms with Gasteiger partial charge >= 0.3 is 6.03 Å². The molecule has 0 saturated heterocycles. The largest absolute Gasteiger partial charge is 0.466 e. The molecule has 1 atom stereocenters. The third-order valence-electron chi connectivity index (χ3n) is 3.54. The Hall–Kier alpha value is -1.53. The van der Waals surface area contributed by atoms with E-state index in [1.165, 1.54) is 6.26 Å². The third kappa shape index (κ3) is 4.54. The minimum atomic E-state index is -1.22. The molecule has 0 aliphatic rings. The molecule has 6 nitrogen and oxygen atoms in total. The van der Waals surface area contributed by atoms with E-state index in [4.69, 9.17) is 4.42 Å². The molecule has 0 spiro atoms. The summed E-state index contributed by atoms with van der Waals surface area (Å²) in [6.07, 6.45) is 1.49. The van der Waals surface area contributed by atoms with E-state index in [1.807, 2.05) is 32.8 Å². The van der Waals surface area contributed by atoms with E-state index in [1.54, 1.807) is 19.1 Å². The highest BCUT2D eigenvalue weighted by Gasteiger charge is 2.27. The number of amides is 2. The number of likely N-dealkylation sites (N-methyl/N-ethyl adjacent to an activating group) is 1. The van der Waals surface area contributed by atoms with Crippen molar-refractivity contribution in [3.63, 3.8) is 0 Å². The molecule has 2 amide bonds. The average molecular weight is 283 g/mol. The summed E-state index contributed by atoms with van der Waals surface area (Å²) in [5.41, 5.74) is -1.36. The Morgan fingerprint density at radius 2 is 1.90 bits per heavy atom. The molecule has 0 aromatic carbocycles. The lowest BCUT2D eigenvalue weighted by Gasteiger charge is -2.32. The van der Waals surface area contributed by atoms with Gasteiger partial charge in [-0.25, -0.2) is 4.79 Å². The van der Waals surface area contributed by atoms with Crippen LogP contribution >= 0.6 is 0 Å². The molecule has 0 aliphatic carbocycles. The lowest BCUT2D eigenvalue weighted by atomic mass is 10.0. The fourth-order valence-electron chi connectivity index (χ4n) is 1.44. The van der Waals surface area contributed by atoms with Crippen LogP contribution in [0.2, 0.25) is 0 Å². The Morgan fingerprint density at radius 1 is 1.30 bits per heavy atom. The Bertz CT molecular complexity index is 425. The second kappa shape index (κ2) is 6.28. The second-order valence-corrected chi connectivity index (χ2v) is 5.99. The number of rotatable bonds is 6. The molecule has 1 rings (SSSR count). The molecule has 0 saturated carbocycles. The van der Waals surface area contributed by atoms with Gasteiger partial charge in [-0.05, 0) is 47.0 Å². The maximum Gasteiger partial charge on any atom is 0.314 e. The van der Waals surface area contributed by atoms with Crippen LogP contribution in [0.4, 0.5) is 4.79 Å². The van der Waals surface area contributed by atoms with Crippen LogP contribution in [0.5, 0.6) is 0 Å². The monoisotopic (exact) mass is 283 g/mol. The van der Waals surface area contributed by atoms with Crippen molar-refractivity contribution in [3.8, 4) is 0 Å². The summed E-state index contributed by atoms with van der Waals surface area (Å²) in [6, 6.07) is 3.06. The van der Waals surface area contributed by atoms with Gasteiger partial charge in [0.15, 0.2) is 0 Å². The molecule has 114 valence electrons. The van der Waals surface area contributed by atoms with Gasteiger partial charge in [-0.3, -0.25) is 0 Å². The summed E-state index contributed by atoms with van der Waals surface area (Å²) < 4.78 is 5.15. The summed E-state index contributed by atoms with van der Waals surface area (Å²) in [7, 11) is 3.92. The van der Waals surface area contributed by atoms with Gasteiger partial charge in [-0.2, -0.15) is 0 Å². The van der Waals surface area contributed by atoms with Gasteiger partial charge in [0.05, 0.1) is 12.8 Å². The molecular formula is C14H25N3O3. The fraction of sp³-hybridized carbons (Fsp3) is 0.643. The number of hydrogen-bond acceptors (Lipinski definition) is 4. The molecule has 1 unspecified atom stereocenters. The molecule has 1 aromatic heterocycles. The summed E-state index contributed by atoms with van der Waals surface area (Å²) >= 11 is 0. The van der Waals surface area contributed by atoms with E-state index >= 15 is 0 Å². The van der Waals surface area contributed by atoms with Crippen molar-refractivity contribution in [2.75, 3.05) is 27.2 Å². The maximum atomic E-state index is 11.7. The Balaban J connectivity index is 2.41. The van der Waals surface area contributed by atoms with Crippen LogP contribution in [0.1, 0.15) is 26.5 Å². The van der Waals surface area contributed by atoms with Crippen molar-refractivity contribution < 1.29 is 14.3 Å². The van der Waals surface area contributed by atoms with E-state index in [0.717, 1.165) is 0 Å². The number of furan rings is 1. The van der Waals surface area contributed by atoms with Crippen molar-refractivity contribution in [2.45, 2.75) is 31.9 Å². The van der Waals surface area contributed by atoms with E-state index in [2.05, 4.69) is 10.6 Å². The molecule has 3 N–H and O–H groups in total. The van der Waals surface area contributed by atoms with Crippen LogP contribution in [0.15, 0.2) is 22.8 Å². The molecule has 0 fully saturated rings. The zero-order valence-electron chi connectivity index (χ0n) is 12.9. The molecule has 1 heterocycles. The molecule has 0 radical (unpaired) electrons. The molecule has 20 heavy (non-hydrogen) atoms. The van der Waals surface area contributed by atoms with Gasteiger partial charge < -0.3 is 25.1 Å². The molecular weight excluding hydrogens is 258 g/mol. The van der Waals surface area contributed by atoms with Gasteiger partial charge in [0.25, 0.3) is 0 Å². The first-order chi connectivity index (χ1) is 9.15. The number of carbonyl (C=O) groups excluding carboxylic acids is 1. The summed E-state index contributed by atoms with van der Waals surface area (Å²) in [6.45, 7) is 6.25. The quantitative estimate of drug-likeness (QED) is 0.731. The van der Waals surface area contributed by atoms with Crippen molar-refractivity contribution in [3.05, 3.63) is 24.2 Å². The van der Waals surface area contributed by atoms with Gasteiger partial charge in [0.2, 0.25) is 0 Å². The predicted molar refractivity (Wildman–Crippen MR) is 77.4 cm³/mol. The number of nitrogens with one attached hydrogen (secondary N) is 2. The van der Waals surface area contributed by atoms with Crippen LogP contribution in [-0.4, -0.2) is 48.8 Å². The fourth-order valence-corrected chi connectivity index (χ4v) is 1.44. The number of aliphatic hydroxyl groups is 1. The molecule has 1 aromatic rings. The third-order valence-corrected chi connectivity index (χ3v) is 3.54. The van der Waals surface area contributed by atoms with E-state index in [9.17, 15) is 9.90 Å². The maximum absolute atomic E-state index is 11.7. The zero-order chi connectivity index (χ0) is 15.4.